The van der Waals surface area contributed by atoms with Crippen LogP contribution in [-0.2, 0) is 0 Å². The molecule has 0 fully saturated rings. The normalized spacial score (nSPS) is 11.3. The first-order valence-corrected chi connectivity index (χ1v) is 7.09. The fourth-order valence-corrected chi connectivity index (χ4v) is 2.07. The molecule has 0 saturated carbocycles. The van der Waals surface area contributed by atoms with Crippen LogP contribution in [0.4, 0.5) is 11.4 Å². The van der Waals surface area contributed by atoms with E-state index >= 15 is 0 Å². The Balaban J connectivity index is 2.25. The Hall–Kier alpha value is -2.80. The third-order valence-corrected chi connectivity index (χ3v) is 3.41. The molecule has 0 aromatic heterocycles. The molecule has 0 radical (unpaired) electrons. The molecule has 8 heteroatoms. The van der Waals surface area contributed by atoms with Crippen LogP contribution >= 0.6 is 11.6 Å². The number of hydrazone groups is 1. The summed E-state index contributed by atoms with van der Waals surface area (Å²) in [5.74, 6) is -0.357. The quantitative estimate of drug-likeness (QED) is 0.436. The van der Waals surface area contributed by atoms with Gasteiger partial charge in [-0.05, 0) is 24.6 Å². The van der Waals surface area contributed by atoms with Gasteiger partial charge in [0.1, 0.15) is 11.5 Å². The standard InChI is InChI=1S/C15H14ClN3O4/c1-2-13(11-7-12(16)15(21)8-14(11)20)18-17-9-3-5-10(6-4-9)19(22)23/h3-8,17,20-21H,2H2,1H3/b18-13+. The Morgan fingerprint density at radius 2 is 1.91 bits per heavy atom. The predicted octanol–water partition coefficient (Wildman–Crippen LogP) is 3.89. The van der Waals surface area contributed by atoms with Crippen molar-refractivity contribution in [3.05, 3.63) is 57.1 Å². The van der Waals surface area contributed by atoms with E-state index in [-0.39, 0.29) is 22.2 Å². The number of phenolic OH excluding ortho intramolecular Hbond substituents is 2. The van der Waals surface area contributed by atoms with Crippen molar-refractivity contribution >= 4 is 28.7 Å². The minimum absolute atomic E-state index is 0.0156. The molecule has 0 bridgehead atoms. The van der Waals surface area contributed by atoms with Gasteiger partial charge in [0.2, 0.25) is 0 Å². The summed E-state index contributed by atoms with van der Waals surface area (Å²) in [7, 11) is 0. The van der Waals surface area contributed by atoms with Crippen molar-refractivity contribution in [1.82, 2.24) is 0 Å². The van der Waals surface area contributed by atoms with Crippen LogP contribution in [0.25, 0.3) is 0 Å². The number of aromatic hydroxyl groups is 2. The third kappa shape index (κ3) is 3.89. The number of nitro benzene ring substituents is 1. The maximum absolute atomic E-state index is 10.6. The molecule has 3 N–H and O–H groups in total. The van der Waals surface area contributed by atoms with Crippen LogP contribution in [0.15, 0.2) is 41.5 Å². The summed E-state index contributed by atoms with van der Waals surface area (Å²) in [5, 5.41) is 34.3. The van der Waals surface area contributed by atoms with Gasteiger partial charge in [0, 0.05) is 23.8 Å². The number of hydrogen-bond acceptors (Lipinski definition) is 6. The minimum Gasteiger partial charge on any atom is -0.507 e. The Bertz CT molecular complexity index is 760. The number of hydrogen-bond donors (Lipinski definition) is 3. The van der Waals surface area contributed by atoms with Crippen molar-refractivity contribution in [1.29, 1.82) is 0 Å². The smallest absolute Gasteiger partial charge is 0.269 e. The first-order valence-electron chi connectivity index (χ1n) is 6.71. The SMILES string of the molecule is CC/C(=N\Nc1ccc([N+](=O)[O-])cc1)c1cc(Cl)c(O)cc1O. The number of nitrogens with zero attached hydrogens (tertiary/aromatic N) is 2. The van der Waals surface area contributed by atoms with Crippen LogP contribution < -0.4 is 5.43 Å². The summed E-state index contributed by atoms with van der Waals surface area (Å²) in [6.45, 7) is 1.84. The molecule has 7 nitrogen and oxygen atoms in total. The largest absolute Gasteiger partial charge is 0.507 e. The molecule has 2 aromatic rings. The van der Waals surface area contributed by atoms with Crippen molar-refractivity contribution < 1.29 is 15.1 Å². The second kappa shape index (κ2) is 6.97. The van der Waals surface area contributed by atoms with Gasteiger partial charge in [-0.1, -0.05) is 18.5 Å². The van der Waals surface area contributed by atoms with E-state index in [0.717, 1.165) is 6.07 Å². The zero-order valence-electron chi connectivity index (χ0n) is 12.2. The third-order valence-electron chi connectivity index (χ3n) is 3.11. The molecule has 2 aromatic carbocycles. The lowest BCUT2D eigenvalue weighted by molar-refractivity contribution is -0.384. The van der Waals surface area contributed by atoms with Gasteiger partial charge < -0.3 is 10.2 Å². The fourth-order valence-electron chi connectivity index (χ4n) is 1.90. The highest BCUT2D eigenvalue weighted by Crippen LogP contribution is 2.31. The molecule has 0 aliphatic heterocycles. The monoisotopic (exact) mass is 335 g/mol. The van der Waals surface area contributed by atoms with Gasteiger partial charge in [-0.2, -0.15) is 5.10 Å². The highest BCUT2D eigenvalue weighted by molar-refractivity contribution is 6.32. The summed E-state index contributed by atoms with van der Waals surface area (Å²) in [5.41, 5.74) is 4.23. The Morgan fingerprint density at radius 1 is 1.26 bits per heavy atom. The second-order valence-corrected chi connectivity index (χ2v) is 5.06. The minimum atomic E-state index is -0.485. The summed E-state index contributed by atoms with van der Waals surface area (Å²) in [6.07, 6.45) is 0.495. The van der Waals surface area contributed by atoms with Crippen molar-refractivity contribution in [3.63, 3.8) is 0 Å². The first-order chi connectivity index (χ1) is 10.9. The molecule has 0 saturated heterocycles. The second-order valence-electron chi connectivity index (χ2n) is 4.65. The molecule has 0 unspecified atom stereocenters. The van der Waals surface area contributed by atoms with E-state index in [4.69, 9.17) is 11.6 Å². The zero-order valence-corrected chi connectivity index (χ0v) is 12.9. The van der Waals surface area contributed by atoms with E-state index in [1.165, 1.54) is 30.3 Å². The van der Waals surface area contributed by atoms with Gasteiger partial charge in [0.25, 0.3) is 5.69 Å². The number of phenols is 2. The molecule has 0 aliphatic carbocycles. The topological polar surface area (TPSA) is 108 Å². The molecule has 120 valence electrons. The Kier molecular flexibility index (Phi) is 5.02. The van der Waals surface area contributed by atoms with Gasteiger partial charge in [0.05, 0.1) is 21.3 Å². The molecule has 2 rings (SSSR count). The summed E-state index contributed by atoms with van der Waals surface area (Å²) in [4.78, 5) is 10.1. The molecule has 0 spiro atoms. The van der Waals surface area contributed by atoms with Crippen LogP contribution in [0.5, 0.6) is 11.5 Å². The van der Waals surface area contributed by atoms with E-state index in [2.05, 4.69) is 10.5 Å². The number of rotatable bonds is 5. The van der Waals surface area contributed by atoms with E-state index in [9.17, 15) is 20.3 Å². The average Bonchev–Trinajstić information content (AvgIpc) is 2.53. The van der Waals surface area contributed by atoms with Crippen LogP contribution in [0.2, 0.25) is 5.02 Å². The van der Waals surface area contributed by atoms with Gasteiger partial charge >= 0.3 is 0 Å². The number of nitro groups is 1. The molecular weight excluding hydrogens is 322 g/mol. The zero-order chi connectivity index (χ0) is 17.0. The highest BCUT2D eigenvalue weighted by atomic mass is 35.5. The van der Waals surface area contributed by atoms with Gasteiger partial charge in [0.15, 0.2) is 0 Å². The Labute approximate surface area is 137 Å². The fraction of sp³-hybridized carbons (Fsp3) is 0.133. The number of benzene rings is 2. The van der Waals surface area contributed by atoms with Crippen LogP contribution in [0.3, 0.4) is 0 Å². The first kappa shape index (κ1) is 16.6. The summed E-state index contributed by atoms with van der Waals surface area (Å²) < 4.78 is 0. The lowest BCUT2D eigenvalue weighted by Crippen LogP contribution is -2.04. The van der Waals surface area contributed by atoms with Crippen molar-refractivity contribution in [2.75, 3.05) is 5.43 Å². The highest BCUT2D eigenvalue weighted by Gasteiger charge is 2.12. The van der Waals surface area contributed by atoms with Crippen LogP contribution in [0, 0.1) is 10.1 Å². The van der Waals surface area contributed by atoms with Gasteiger partial charge in [-0.15, -0.1) is 0 Å². The van der Waals surface area contributed by atoms with Crippen molar-refractivity contribution in [2.24, 2.45) is 5.10 Å². The maximum Gasteiger partial charge on any atom is 0.269 e. The maximum atomic E-state index is 10.6. The lowest BCUT2D eigenvalue weighted by Gasteiger charge is -2.09. The molecule has 0 atom stereocenters. The lowest BCUT2D eigenvalue weighted by atomic mass is 10.1. The molecule has 0 heterocycles. The average molecular weight is 336 g/mol. The Morgan fingerprint density at radius 3 is 2.48 bits per heavy atom. The molecule has 0 amide bonds. The number of non-ortho nitro benzene ring substituents is 1. The molecule has 23 heavy (non-hydrogen) atoms. The predicted molar refractivity (Wildman–Crippen MR) is 88.3 cm³/mol. The number of halogens is 1. The summed E-state index contributed by atoms with van der Waals surface area (Å²) in [6, 6.07) is 8.34. The van der Waals surface area contributed by atoms with E-state index in [0.29, 0.717) is 23.4 Å². The number of nitrogens with one attached hydrogen (secondary N) is 1. The van der Waals surface area contributed by atoms with Crippen LogP contribution in [0.1, 0.15) is 18.9 Å². The van der Waals surface area contributed by atoms with Crippen molar-refractivity contribution in [3.8, 4) is 11.5 Å². The van der Waals surface area contributed by atoms with Crippen molar-refractivity contribution in [2.45, 2.75) is 13.3 Å². The van der Waals surface area contributed by atoms with E-state index in [1.807, 2.05) is 6.92 Å². The van der Waals surface area contributed by atoms with Crippen LogP contribution in [-0.4, -0.2) is 20.8 Å². The van der Waals surface area contributed by atoms with E-state index < -0.39 is 4.92 Å². The summed E-state index contributed by atoms with van der Waals surface area (Å²) >= 11 is 5.85. The number of anilines is 1. The molecule has 0 aliphatic rings. The van der Waals surface area contributed by atoms with E-state index in [1.54, 1.807) is 0 Å². The van der Waals surface area contributed by atoms with Gasteiger partial charge in [-0.3, -0.25) is 15.5 Å². The molecular formula is C15H14ClN3O4. The van der Waals surface area contributed by atoms with Gasteiger partial charge in [-0.25, -0.2) is 0 Å².